The van der Waals surface area contributed by atoms with Crippen molar-refractivity contribution < 1.29 is 9.59 Å². The van der Waals surface area contributed by atoms with Gasteiger partial charge in [0.2, 0.25) is 5.91 Å². The van der Waals surface area contributed by atoms with E-state index >= 15 is 0 Å². The number of halogens is 1. The summed E-state index contributed by atoms with van der Waals surface area (Å²) >= 11 is 6.08. The van der Waals surface area contributed by atoms with Crippen molar-refractivity contribution >= 4 is 35.0 Å². The molecule has 4 rings (SSSR count). The number of aryl methyl sites for hydroxylation is 1. The quantitative estimate of drug-likeness (QED) is 0.231. The molecule has 0 aliphatic heterocycles. The van der Waals surface area contributed by atoms with E-state index in [-0.39, 0.29) is 18.5 Å². The summed E-state index contributed by atoms with van der Waals surface area (Å²) in [5.74, 6) is 0.191. The SMILES string of the molecule is CCCCN(CC(=O)Nc1cc(-c2ccccc2)nn1-c1ccc(Cl)cc1)C(=O)Nc1cccc(CC)c1. The summed E-state index contributed by atoms with van der Waals surface area (Å²) in [7, 11) is 0. The third-order valence-electron chi connectivity index (χ3n) is 6.11. The minimum absolute atomic E-state index is 0.0915. The second kappa shape index (κ2) is 12.9. The van der Waals surface area contributed by atoms with Gasteiger partial charge in [0.25, 0.3) is 0 Å². The van der Waals surface area contributed by atoms with Gasteiger partial charge in [-0.2, -0.15) is 5.10 Å². The van der Waals surface area contributed by atoms with Gasteiger partial charge in [0.05, 0.1) is 11.4 Å². The second-order valence-electron chi connectivity index (χ2n) is 8.98. The number of urea groups is 1. The molecular formula is C30H32ClN5O2. The molecule has 7 nitrogen and oxygen atoms in total. The van der Waals surface area contributed by atoms with Crippen molar-refractivity contribution in [3.63, 3.8) is 0 Å². The standard InChI is InChI=1S/C30H32ClN5O2/c1-3-5-18-35(30(38)32-25-13-9-10-22(4-2)19-25)21-29(37)33-28-20-27(23-11-7-6-8-12-23)34-36(28)26-16-14-24(31)15-17-26/h6-17,19-20H,3-5,18,21H2,1-2H3,(H,32,38)(H,33,37). The molecule has 0 aliphatic rings. The Bertz CT molecular complexity index is 1370. The van der Waals surface area contributed by atoms with Gasteiger partial charge in [-0.1, -0.05) is 74.3 Å². The predicted octanol–water partition coefficient (Wildman–Crippen LogP) is 7.03. The van der Waals surface area contributed by atoms with Crippen LogP contribution in [0.1, 0.15) is 32.3 Å². The number of aromatic nitrogens is 2. The highest BCUT2D eigenvalue weighted by Crippen LogP contribution is 2.25. The number of benzene rings is 3. The molecule has 4 aromatic rings. The molecule has 0 bridgehead atoms. The first-order valence-corrected chi connectivity index (χ1v) is 13.2. The van der Waals surface area contributed by atoms with E-state index in [0.29, 0.717) is 28.8 Å². The number of carbonyl (C=O) groups excluding carboxylic acids is 2. The molecule has 0 spiro atoms. The van der Waals surface area contributed by atoms with Crippen molar-refractivity contribution in [2.24, 2.45) is 0 Å². The number of rotatable bonds is 10. The van der Waals surface area contributed by atoms with Gasteiger partial charge < -0.3 is 15.5 Å². The third-order valence-corrected chi connectivity index (χ3v) is 6.36. The molecule has 3 aromatic carbocycles. The summed E-state index contributed by atoms with van der Waals surface area (Å²) in [5.41, 5.74) is 4.24. The normalized spacial score (nSPS) is 10.7. The molecule has 38 heavy (non-hydrogen) atoms. The molecule has 8 heteroatoms. The van der Waals surface area contributed by atoms with Crippen LogP contribution in [0.15, 0.2) is 84.9 Å². The Balaban J connectivity index is 1.54. The van der Waals surface area contributed by atoms with Crippen LogP contribution in [0.2, 0.25) is 5.02 Å². The molecule has 2 N–H and O–H groups in total. The molecule has 0 fully saturated rings. The van der Waals surface area contributed by atoms with Gasteiger partial charge in [0, 0.05) is 28.9 Å². The Morgan fingerprint density at radius 2 is 1.68 bits per heavy atom. The maximum absolute atomic E-state index is 13.2. The van der Waals surface area contributed by atoms with Crippen molar-refractivity contribution in [2.45, 2.75) is 33.1 Å². The molecule has 0 saturated heterocycles. The van der Waals surface area contributed by atoms with Gasteiger partial charge in [-0.25, -0.2) is 9.48 Å². The Kier molecular flexibility index (Phi) is 9.16. The van der Waals surface area contributed by atoms with Crippen molar-refractivity contribution in [3.8, 4) is 16.9 Å². The van der Waals surface area contributed by atoms with E-state index in [2.05, 4.69) is 24.5 Å². The Morgan fingerprint density at radius 3 is 2.39 bits per heavy atom. The average Bonchev–Trinajstić information content (AvgIpc) is 3.35. The lowest BCUT2D eigenvalue weighted by molar-refractivity contribution is -0.116. The minimum Gasteiger partial charge on any atom is -0.315 e. The lowest BCUT2D eigenvalue weighted by Crippen LogP contribution is -2.41. The maximum Gasteiger partial charge on any atom is 0.322 e. The zero-order valence-corrected chi connectivity index (χ0v) is 22.4. The highest BCUT2D eigenvalue weighted by molar-refractivity contribution is 6.30. The van der Waals surface area contributed by atoms with Gasteiger partial charge in [-0.15, -0.1) is 0 Å². The second-order valence-corrected chi connectivity index (χ2v) is 9.41. The Labute approximate surface area is 228 Å². The van der Waals surface area contributed by atoms with Crippen molar-refractivity contribution in [2.75, 3.05) is 23.7 Å². The van der Waals surface area contributed by atoms with Crippen LogP contribution in [-0.4, -0.2) is 39.7 Å². The number of nitrogens with one attached hydrogen (secondary N) is 2. The lowest BCUT2D eigenvalue weighted by atomic mass is 10.1. The van der Waals surface area contributed by atoms with Crippen molar-refractivity contribution in [1.29, 1.82) is 0 Å². The molecule has 3 amide bonds. The van der Waals surface area contributed by atoms with Gasteiger partial charge in [0.15, 0.2) is 0 Å². The topological polar surface area (TPSA) is 79.3 Å². The van der Waals surface area contributed by atoms with Crippen LogP contribution in [-0.2, 0) is 11.2 Å². The fraction of sp³-hybridized carbons (Fsp3) is 0.233. The molecular weight excluding hydrogens is 498 g/mol. The van der Waals surface area contributed by atoms with Crippen molar-refractivity contribution in [3.05, 3.63) is 95.5 Å². The van der Waals surface area contributed by atoms with Gasteiger partial charge in [0.1, 0.15) is 12.4 Å². The van der Waals surface area contributed by atoms with Crippen LogP contribution < -0.4 is 10.6 Å². The fourth-order valence-electron chi connectivity index (χ4n) is 4.03. The maximum atomic E-state index is 13.2. The molecule has 1 aromatic heterocycles. The first-order chi connectivity index (χ1) is 18.5. The van der Waals surface area contributed by atoms with Crippen molar-refractivity contribution in [1.82, 2.24) is 14.7 Å². The molecule has 0 aliphatic carbocycles. The first-order valence-electron chi connectivity index (χ1n) is 12.8. The van der Waals surface area contributed by atoms with Crippen LogP contribution in [0.25, 0.3) is 16.9 Å². The number of hydrogen-bond donors (Lipinski definition) is 2. The lowest BCUT2D eigenvalue weighted by Gasteiger charge is -2.22. The molecule has 196 valence electrons. The molecule has 0 atom stereocenters. The Hall–Kier alpha value is -4.10. The largest absolute Gasteiger partial charge is 0.322 e. The van der Waals surface area contributed by atoms with Crippen LogP contribution in [0.4, 0.5) is 16.3 Å². The van der Waals surface area contributed by atoms with E-state index in [1.165, 1.54) is 0 Å². The predicted molar refractivity (Wildman–Crippen MR) is 154 cm³/mol. The number of hydrogen-bond acceptors (Lipinski definition) is 3. The zero-order valence-electron chi connectivity index (χ0n) is 21.7. The van der Waals surface area contributed by atoms with E-state index < -0.39 is 0 Å². The van der Waals surface area contributed by atoms with E-state index in [1.54, 1.807) is 21.7 Å². The molecule has 0 saturated carbocycles. The number of unbranched alkanes of at least 4 members (excludes halogenated alkanes) is 1. The van der Waals surface area contributed by atoms with E-state index in [9.17, 15) is 9.59 Å². The molecule has 0 radical (unpaired) electrons. The third kappa shape index (κ3) is 7.01. The monoisotopic (exact) mass is 529 g/mol. The summed E-state index contributed by atoms with van der Waals surface area (Å²) in [6.45, 7) is 4.49. The summed E-state index contributed by atoms with van der Waals surface area (Å²) < 4.78 is 1.67. The highest BCUT2D eigenvalue weighted by atomic mass is 35.5. The molecule has 1 heterocycles. The number of carbonyl (C=O) groups is 2. The van der Waals surface area contributed by atoms with Crippen LogP contribution in [0, 0.1) is 0 Å². The first kappa shape index (κ1) is 26.9. The van der Waals surface area contributed by atoms with Gasteiger partial charge >= 0.3 is 6.03 Å². The number of anilines is 2. The van der Waals surface area contributed by atoms with Crippen LogP contribution in [0.3, 0.4) is 0 Å². The highest BCUT2D eigenvalue weighted by Gasteiger charge is 2.20. The van der Waals surface area contributed by atoms with Crippen LogP contribution in [0.5, 0.6) is 0 Å². The van der Waals surface area contributed by atoms with Gasteiger partial charge in [-0.3, -0.25) is 4.79 Å². The summed E-state index contributed by atoms with van der Waals surface area (Å²) in [6, 6.07) is 26.2. The van der Waals surface area contributed by atoms with Crippen LogP contribution >= 0.6 is 11.6 Å². The van der Waals surface area contributed by atoms with Gasteiger partial charge in [-0.05, 0) is 54.8 Å². The Morgan fingerprint density at radius 1 is 0.921 bits per heavy atom. The number of nitrogens with zero attached hydrogens (tertiary/aromatic N) is 3. The zero-order chi connectivity index (χ0) is 26.9. The van der Waals surface area contributed by atoms with E-state index in [0.717, 1.165) is 36.1 Å². The van der Waals surface area contributed by atoms with E-state index in [1.807, 2.05) is 72.8 Å². The molecule has 0 unspecified atom stereocenters. The summed E-state index contributed by atoms with van der Waals surface area (Å²) in [5, 5.41) is 11.2. The fourth-order valence-corrected chi connectivity index (χ4v) is 4.15. The summed E-state index contributed by atoms with van der Waals surface area (Å²) in [4.78, 5) is 27.9. The smallest absolute Gasteiger partial charge is 0.315 e. The number of amides is 3. The average molecular weight is 530 g/mol. The minimum atomic E-state index is -0.312. The van der Waals surface area contributed by atoms with E-state index in [4.69, 9.17) is 16.7 Å². The summed E-state index contributed by atoms with van der Waals surface area (Å²) in [6.07, 6.45) is 2.56.